The topological polar surface area (TPSA) is 68.0 Å². The Balaban J connectivity index is 2.77. The number of hydrogen-bond donors (Lipinski definition) is 1. The molecule has 5 heteroatoms. The minimum atomic E-state index is -0.970. The molecule has 0 aliphatic carbocycles. The Hall–Kier alpha value is -1.91. The second-order valence-electron chi connectivity index (χ2n) is 3.11. The monoisotopic (exact) mass is 191 g/mol. The highest BCUT2D eigenvalue weighted by Crippen LogP contribution is 2.16. The Bertz CT molecular complexity index is 516. The van der Waals surface area contributed by atoms with Crippen LogP contribution in [0.2, 0.25) is 0 Å². The van der Waals surface area contributed by atoms with Crippen LogP contribution in [0.4, 0.5) is 0 Å². The first-order valence-corrected chi connectivity index (χ1v) is 4.12. The number of aryl methyl sites for hydroxylation is 2. The van der Waals surface area contributed by atoms with E-state index < -0.39 is 5.97 Å². The molecule has 2 heterocycles. The fraction of sp³-hybridized carbons (Fsp3) is 0.222. The Kier molecular flexibility index (Phi) is 1.73. The van der Waals surface area contributed by atoms with Crippen LogP contribution in [0, 0.1) is 6.92 Å². The summed E-state index contributed by atoms with van der Waals surface area (Å²) < 4.78 is 1.64. The van der Waals surface area contributed by atoms with Gasteiger partial charge >= 0.3 is 5.97 Å². The van der Waals surface area contributed by atoms with Crippen LogP contribution in [0.15, 0.2) is 12.3 Å². The number of carboxylic acids is 1. The van der Waals surface area contributed by atoms with E-state index in [9.17, 15) is 4.79 Å². The molecule has 1 N–H and O–H groups in total. The van der Waals surface area contributed by atoms with Crippen molar-refractivity contribution in [1.29, 1.82) is 0 Å². The molecule has 2 aromatic heterocycles. The summed E-state index contributed by atoms with van der Waals surface area (Å²) in [6, 6.07) is 1.59. The standard InChI is InChI=1S/C9H9N3O2/c1-5-7-3-6(9(13)14)4-10-8(7)12(2)11-5/h3-4H,1-2H3,(H,13,14). The Morgan fingerprint density at radius 1 is 1.57 bits per heavy atom. The molecule has 0 radical (unpaired) electrons. The van der Waals surface area contributed by atoms with Crippen molar-refractivity contribution in [2.24, 2.45) is 7.05 Å². The number of rotatable bonds is 1. The van der Waals surface area contributed by atoms with Crippen molar-refractivity contribution in [2.75, 3.05) is 0 Å². The van der Waals surface area contributed by atoms with E-state index in [0.29, 0.717) is 5.65 Å². The summed E-state index contributed by atoms with van der Waals surface area (Å²) in [6.07, 6.45) is 1.34. The lowest BCUT2D eigenvalue weighted by Gasteiger charge is -1.95. The third-order valence-electron chi connectivity index (χ3n) is 2.11. The second-order valence-corrected chi connectivity index (χ2v) is 3.11. The first-order valence-electron chi connectivity index (χ1n) is 4.12. The van der Waals surface area contributed by atoms with Gasteiger partial charge in [0.15, 0.2) is 5.65 Å². The van der Waals surface area contributed by atoms with Gasteiger partial charge in [0, 0.05) is 18.6 Å². The summed E-state index contributed by atoms with van der Waals surface area (Å²) in [5.74, 6) is -0.970. The van der Waals surface area contributed by atoms with Crippen molar-refractivity contribution < 1.29 is 9.90 Å². The third-order valence-corrected chi connectivity index (χ3v) is 2.11. The molecule has 0 amide bonds. The normalized spacial score (nSPS) is 10.7. The van der Waals surface area contributed by atoms with Gasteiger partial charge < -0.3 is 5.11 Å². The van der Waals surface area contributed by atoms with Gasteiger partial charge in [0.05, 0.1) is 11.3 Å². The molecule has 0 bridgehead atoms. The summed E-state index contributed by atoms with van der Waals surface area (Å²) >= 11 is 0. The van der Waals surface area contributed by atoms with E-state index in [1.807, 2.05) is 6.92 Å². The number of nitrogens with zero attached hydrogens (tertiary/aromatic N) is 3. The van der Waals surface area contributed by atoms with Crippen molar-refractivity contribution in [2.45, 2.75) is 6.92 Å². The van der Waals surface area contributed by atoms with Crippen molar-refractivity contribution >= 4 is 17.0 Å². The smallest absolute Gasteiger partial charge is 0.337 e. The van der Waals surface area contributed by atoms with Crippen molar-refractivity contribution in [1.82, 2.24) is 14.8 Å². The molecule has 0 fully saturated rings. The van der Waals surface area contributed by atoms with E-state index in [-0.39, 0.29) is 5.56 Å². The Morgan fingerprint density at radius 2 is 2.29 bits per heavy atom. The number of carboxylic acid groups (broad SMARTS) is 1. The molecule has 2 rings (SSSR count). The van der Waals surface area contributed by atoms with Crippen molar-refractivity contribution in [3.63, 3.8) is 0 Å². The summed E-state index contributed by atoms with van der Waals surface area (Å²) in [6.45, 7) is 1.83. The van der Waals surface area contributed by atoms with E-state index >= 15 is 0 Å². The zero-order valence-corrected chi connectivity index (χ0v) is 7.85. The van der Waals surface area contributed by atoms with Gasteiger partial charge in [0.25, 0.3) is 0 Å². The maximum absolute atomic E-state index is 10.7. The molecule has 0 aliphatic rings. The highest BCUT2D eigenvalue weighted by Gasteiger charge is 2.09. The lowest BCUT2D eigenvalue weighted by Crippen LogP contribution is -1.98. The fourth-order valence-corrected chi connectivity index (χ4v) is 1.42. The molecule has 0 unspecified atom stereocenters. The van der Waals surface area contributed by atoms with E-state index in [0.717, 1.165) is 11.1 Å². The van der Waals surface area contributed by atoms with Gasteiger partial charge in [-0.15, -0.1) is 0 Å². The van der Waals surface area contributed by atoms with Crippen LogP contribution in [-0.4, -0.2) is 25.8 Å². The molecular weight excluding hydrogens is 182 g/mol. The maximum Gasteiger partial charge on any atom is 0.337 e. The summed E-state index contributed by atoms with van der Waals surface area (Å²) in [5, 5.41) is 13.7. The van der Waals surface area contributed by atoms with Gasteiger partial charge in [0.2, 0.25) is 0 Å². The Labute approximate surface area is 80.0 Å². The molecule has 14 heavy (non-hydrogen) atoms. The second kappa shape index (κ2) is 2.80. The van der Waals surface area contributed by atoms with Crippen molar-refractivity contribution in [3.05, 3.63) is 23.5 Å². The van der Waals surface area contributed by atoms with E-state index in [2.05, 4.69) is 10.1 Å². The molecule has 0 saturated carbocycles. The summed E-state index contributed by atoms with van der Waals surface area (Å²) in [5.41, 5.74) is 1.68. The van der Waals surface area contributed by atoms with E-state index in [4.69, 9.17) is 5.11 Å². The lowest BCUT2D eigenvalue weighted by atomic mass is 10.2. The zero-order chi connectivity index (χ0) is 10.3. The average Bonchev–Trinajstić information content (AvgIpc) is 2.42. The average molecular weight is 191 g/mol. The predicted octanol–water partition coefficient (Wildman–Crippen LogP) is 0.975. The first-order chi connectivity index (χ1) is 6.59. The molecule has 0 spiro atoms. The van der Waals surface area contributed by atoms with Crippen LogP contribution < -0.4 is 0 Å². The molecular formula is C9H9N3O2. The molecule has 0 aromatic carbocycles. The van der Waals surface area contributed by atoms with Crippen LogP contribution in [0.3, 0.4) is 0 Å². The van der Waals surface area contributed by atoms with Crippen molar-refractivity contribution in [3.8, 4) is 0 Å². The highest BCUT2D eigenvalue weighted by molar-refractivity contribution is 5.92. The minimum Gasteiger partial charge on any atom is -0.478 e. The maximum atomic E-state index is 10.7. The fourth-order valence-electron chi connectivity index (χ4n) is 1.42. The predicted molar refractivity (Wildman–Crippen MR) is 50.2 cm³/mol. The lowest BCUT2D eigenvalue weighted by molar-refractivity contribution is 0.0696. The molecule has 2 aromatic rings. The quantitative estimate of drug-likeness (QED) is 0.729. The zero-order valence-electron chi connectivity index (χ0n) is 7.85. The van der Waals surface area contributed by atoms with Crippen LogP contribution in [0.1, 0.15) is 16.1 Å². The van der Waals surface area contributed by atoms with Gasteiger partial charge in [-0.2, -0.15) is 5.10 Å². The number of aromatic nitrogens is 3. The SMILES string of the molecule is Cc1nn(C)c2ncc(C(=O)O)cc12. The molecule has 0 saturated heterocycles. The van der Waals surface area contributed by atoms with E-state index in [1.165, 1.54) is 6.20 Å². The largest absolute Gasteiger partial charge is 0.478 e. The number of pyridine rings is 1. The number of fused-ring (bicyclic) bond motifs is 1. The van der Waals surface area contributed by atoms with Gasteiger partial charge in [-0.1, -0.05) is 0 Å². The number of hydrogen-bond acceptors (Lipinski definition) is 3. The van der Waals surface area contributed by atoms with Crippen LogP contribution in [0.5, 0.6) is 0 Å². The van der Waals surface area contributed by atoms with Crippen LogP contribution in [-0.2, 0) is 7.05 Å². The van der Waals surface area contributed by atoms with Gasteiger partial charge in [-0.25, -0.2) is 9.78 Å². The van der Waals surface area contributed by atoms with Gasteiger partial charge in [-0.05, 0) is 13.0 Å². The third kappa shape index (κ3) is 1.14. The minimum absolute atomic E-state index is 0.189. The molecule has 72 valence electrons. The first kappa shape index (κ1) is 8.68. The molecule has 5 nitrogen and oxygen atoms in total. The highest BCUT2D eigenvalue weighted by atomic mass is 16.4. The van der Waals surface area contributed by atoms with Crippen LogP contribution >= 0.6 is 0 Å². The van der Waals surface area contributed by atoms with Gasteiger partial charge in [-0.3, -0.25) is 4.68 Å². The Morgan fingerprint density at radius 3 is 2.93 bits per heavy atom. The number of carbonyl (C=O) groups is 1. The van der Waals surface area contributed by atoms with E-state index in [1.54, 1.807) is 17.8 Å². The van der Waals surface area contributed by atoms with Gasteiger partial charge in [0.1, 0.15) is 0 Å². The molecule has 0 aliphatic heterocycles. The molecule has 0 atom stereocenters. The summed E-state index contributed by atoms with van der Waals surface area (Å²) in [7, 11) is 1.78. The summed E-state index contributed by atoms with van der Waals surface area (Å²) in [4.78, 5) is 14.7. The number of aromatic carboxylic acids is 1. The van der Waals surface area contributed by atoms with Crippen LogP contribution in [0.25, 0.3) is 11.0 Å².